The molecule has 0 N–H and O–H groups in total. The van der Waals surface area contributed by atoms with Gasteiger partial charge in [0, 0.05) is 0 Å². The molecule has 0 aromatic rings. The summed E-state index contributed by atoms with van der Waals surface area (Å²) in [6.45, 7) is 11.1. The average Bonchev–Trinajstić information content (AvgIpc) is 3.50. The molecule has 5 aliphatic carbocycles. The van der Waals surface area contributed by atoms with Crippen molar-refractivity contribution >= 4 is 0 Å². The van der Waals surface area contributed by atoms with Gasteiger partial charge < -0.3 is 0 Å². The Hall–Kier alpha value is -0.260. The lowest BCUT2D eigenvalue weighted by Crippen LogP contribution is -2.28. The Morgan fingerprint density at radius 3 is 1.97 bits per heavy atom. The molecule has 0 aromatic carbocycles. The van der Waals surface area contributed by atoms with Gasteiger partial charge in [0.2, 0.25) is 0 Å². The minimum atomic E-state index is 0.961. The summed E-state index contributed by atoms with van der Waals surface area (Å²) in [6, 6.07) is 0. The Morgan fingerprint density at radius 2 is 1.33 bits per heavy atom. The first-order valence-corrected chi connectivity index (χ1v) is 14.2. The molecule has 5 fully saturated rings. The molecule has 0 amide bonds. The van der Waals surface area contributed by atoms with E-state index in [0.717, 1.165) is 59.2 Å². The number of hydrogen-bond donors (Lipinski definition) is 0. The van der Waals surface area contributed by atoms with Crippen LogP contribution in [0.3, 0.4) is 0 Å². The number of rotatable bonds is 14. The second-order valence-electron chi connectivity index (χ2n) is 13.2. The van der Waals surface area contributed by atoms with Crippen LogP contribution < -0.4 is 0 Å². The first-order valence-electron chi connectivity index (χ1n) is 14.2. The summed E-state index contributed by atoms with van der Waals surface area (Å²) in [5.74, 6) is 12.3. The topological polar surface area (TPSA) is 0 Å². The lowest BCUT2D eigenvalue weighted by molar-refractivity contribution is 0.123. The minimum absolute atomic E-state index is 0.961. The molecule has 0 saturated heterocycles. The molecular weight excluding hydrogens is 360 g/mol. The Labute approximate surface area is 188 Å². The fourth-order valence-electron chi connectivity index (χ4n) is 7.61. The molecule has 170 valence electrons. The molecule has 5 aliphatic rings. The van der Waals surface area contributed by atoms with Crippen molar-refractivity contribution in [2.24, 2.45) is 65.1 Å². The smallest absolute Gasteiger partial charge is 0.0323 e. The first-order chi connectivity index (χ1) is 14.5. The second kappa shape index (κ2) is 8.94. The molecule has 0 spiro atoms. The highest BCUT2D eigenvalue weighted by Crippen LogP contribution is 2.63. The molecule has 0 bridgehead atoms. The van der Waals surface area contributed by atoms with Gasteiger partial charge in [0.15, 0.2) is 0 Å². The van der Waals surface area contributed by atoms with E-state index in [9.17, 15) is 0 Å². The van der Waals surface area contributed by atoms with Crippen LogP contribution in [-0.4, -0.2) is 0 Å². The Morgan fingerprint density at radius 1 is 0.733 bits per heavy atom. The van der Waals surface area contributed by atoms with Crippen LogP contribution in [0.1, 0.15) is 111 Å². The molecule has 0 heteroatoms. The van der Waals surface area contributed by atoms with E-state index in [1.54, 1.807) is 64.2 Å². The van der Waals surface area contributed by atoms with E-state index >= 15 is 0 Å². The van der Waals surface area contributed by atoms with Gasteiger partial charge in [-0.2, -0.15) is 0 Å². The first kappa shape index (κ1) is 21.6. The standard InChI is InChI=1S/C30H50/c1-5-20(4)7-9-22-13-24(22)14-23-10-11-29(23)30-18-28(30)17-27-16-26(27)15-25-12-21(25)8-6-19(2)3/h20-30H,2,5-18H2,1,3-4H3. The molecule has 0 nitrogen and oxygen atoms in total. The van der Waals surface area contributed by atoms with Crippen LogP contribution in [0.25, 0.3) is 0 Å². The monoisotopic (exact) mass is 410 g/mol. The van der Waals surface area contributed by atoms with E-state index in [1.165, 1.54) is 37.2 Å². The molecule has 11 unspecified atom stereocenters. The highest BCUT2D eigenvalue weighted by molar-refractivity contribution is 5.04. The van der Waals surface area contributed by atoms with Crippen LogP contribution in [0.4, 0.5) is 0 Å². The quantitative estimate of drug-likeness (QED) is 0.251. The van der Waals surface area contributed by atoms with Crippen LogP contribution in [0, 0.1) is 65.1 Å². The Bertz CT molecular complexity index is 603. The molecule has 0 heterocycles. The van der Waals surface area contributed by atoms with Crippen LogP contribution in [0.5, 0.6) is 0 Å². The van der Waals surface area contributed by atoms with E-state index in [-0.39, 0.29) is 0 Å². The molecule has 0 aromatic heterocycles. The fraction of sp³-hybridized carbons (Fsp3) is 0.933. The third kappa shape index (κ3) is 5.38. The molecule has 11 atom stereocenters. The SMILES string of the molecule is C=C(C)CCC1CC1CC1CC1CC1CC1C1CCC1CC1CC1CCC(C)CC. The van der Waals surface area contributed by atoms with Gasteiger partial charge in [-0.25, -0.2) is 0 Å². The molecule has 0 aliphatic heterocycles. The van der Waals surface area contributed by atoms with E-state index < -0.39 is 0 Å². The highest BCUT2D eigenvalue weighted by atomic mass is 14.6. The van der Waals surface area contributed by atoms with E-state index in [4.69, 9.17) is 0 Å². The van der Waals surface area contributed by atoms with Crippen LogP contribution in [-0.2, 0) is 0 Å². The van der Waals surface area contributed by atoms with E-state index in [2.05, 4.69) is 27.4 Å². The van der Waals surface area contributed by atoms with Gasteiger partial charge in [0.25, 0.3) is 0 Å². The van der Waals surface area contributed by atoms with Gasteiger partial charge in [0.05, 0.1) is 0 Å². The maximum absolute atomic E-state index is 4.08. The van der Waals surface area contributed by atoms with Gasteiger partial charge in [-0.1, -0.05) is 32.3 Å². The Kier molecular flexibility index (Phi) is 6.43. The Balaban J connectivity index is 0.939. The molecule has 30 heavy (non-hydrogen) atoms. The summed E-state index contributed by atoms with van der Waals surface area (Å²) in [5, 5.41) is 0. The molecule has 5 rings (SSSR count). The van der Waals surface area contributed by atoms with Crippen LogP contribution >= 0.6 is 0 Å². The van der Waals surface area contributed by atoms with Crippen molar-refractivity contribution in [2.75, 3.05) is 0 Å². The second-order valence-corrected chi connectivity index (χ2v) is 13.2. The highest BCUT2D eigenvalue weighted by Gasteiger charge is 2.54. The third-order valence-electron chi connectivity index (χ3n) is 10.7. The third-order valence-corrected chi connectivity index (χ3v) is 10.7. The van der Waals surface area contributed by atoms with Gasteiger partial charge in [-0.3, -0.25) is 0 Å². The van der Waals surface area contributed by atoms with Crippen molar-refractivity contribution in [1.82, 2.24) is 0 Å². The molecular formula is C30H50. The summed E-state index contributed by atoms with van der Waals surface area (Å²) in [7, 11) is 0. The van der Waals surface area contributed by atoms with Gasteiger partial charge >= 0.3 is 0 Å². The normalized spacial score (nSPS) is 46.8. The predicted molar refractivity (Wildman–Crippen MR) is 129 cm³/mol. The lowest BCUT2D eigenvalue weighted by Gasteiger charge is -2.38. The zero-order valence-corrected chi connectivity index (χ0v) is 20.5. The summed E-state index contributed by atoms with van der Waals surface area (Å²) in [5.41, 5.74) is 1.39. The summed E-state index contributed by atoms with van der Waals surface area (Å²) in [6.07, 6.45) is 21.5. The van der Waals surface area contributed by atoms with E-state index in [1.807, 2.05) is 0 Å². The minimum Gasteiger partial charge on any atom is -0.100 e. The van der Waals surface area contributed by atoms with Crippen LogP contribution in [0.2, 0.25) is 0 Å². The van der Waals surface area contributed by atoms with Crippen molar-refractivity contribution in [1.29, 1.82) is 0 Å². The average molecular weight is 411 g/mol. The van der Waals surface area contributed by atoms with Gasteiger partial charge in [-0.15, -0.1) is 6.58 Å². The van der Waals surface area contributed by atoms with Crippen LogP contribution in [0.15, 0.2) is 12.2 Å². The summed E-state index contributed by atoms with van der Waals surface area (Å²) >= 11 is 0. The molecule has 5 saturated carbocycles. The van der Waals surface area contributed by atoms with Crippen molar-refractivity contribution in [3.63, 3.8) is 0 Å². The lowest BCUT2D eigenvalue weighted by atomic mass is 9.68. The maximum atomic E-state index is 4.08. The van der Waals surface area contributed by atoms with Crippen molar-refractivity contribution < 1.29 is 0 Å². The zero-order valence-electron chi connectivity index (χ0n) is 20.5. The summed E-state index contributed by atoms with van der Waals surface area (Å²) < 4.78 is 0. The maximum Gasteiger partial charge on any atom is -0.0323 e. The van der Waals surface area contributed by atoms with Gasteiger partial charge in [-0.05, 0) is 149 Å². The van der Waals surface area contributed by atoms with Crippen molar-refractivity contribution in [3.05, 3.63) is 12.2 Å². The molecule has 0 radical (unpaired) electrons. The fourth-order valence-corrected chi connectivity index (χ4v) is 7.61. The summed E-state index contributed by atoms with van der Waals surface area (Å²) in [4.78, 5) is 0. The number of hydrogen-bond acceptors (Lipinski definition) is 0. The zero-order chi connectivity index (χ0) is 20.8. The van der Waals surface area contributed by atoms with Crippen molar-refractivity contribution in [2.45, 2.75) is 111 Å². The van der Waals surface area contributed by atoms with Crippen molar-refractivity contribution in [3.8, 4) is 0 Å². The van der Waals surface area contributed by atoms with E-state index in [0.29, 0.717) is 0 Å². The van der Waals surface area contributed by atoms with Gasteiger partial charge in [0.1, 0.15) is 0 Å². The number of allylic oxidation sites excluding steroid dienone is 1. The largest absolute Gasteiger partial charge is 0.100 e. The predicted octanol–water partition coefficient (Wildman–Crippen LogP) is 8.91.